The number of halogens is 1. The van der Waals surface area contributed by atoms with Crippen LogP contribution in [0, 0.1) is 6.92 Å². The quantitative estimate of drug-likeness (QED) is 0.334. The number of fused-ring (bicyclic) bond motifs is 1. The van der Waals surface area contributed by atoms with E-state index in [4.69, 9.17) is 15.5 Å². The smallest absolute Gasteiger partial charge is 0.148 e. The van der Waals surface area contributed by atoms with Gasteiger partial charge in [0.1, 0.15) is 6.23 Å². The zero-order valence-corrected chi connectivity index (χ0v) is 20.6. The number of aliphatic imine (C=N–C) groups is 1. The standard InChI is InChI=1S/C27H26BrN5O/c1-18-5-4-6-24(32-18)27(29)23(17-30-26-7-2-3-14-34-26)19-8-13-25-20(15-19)16-31-33(25)22-11-9-21(28)10-12-22/h4-6,8-13,15-17,26H,2-3,7,14,29H2,1H3/b27-23+,30-17+. The van der Waals surface area contributed by atoms with Crippen molar-refractivity contribution in [2.24, 2.45) is 10.7 Å². The van der Waals surface area contributed by atoms with Gasteiger partial charge in [0.15, 0.2) is 0 Å². The molecule has 2 aromatic carbocycles. The minimum Gasteiger partial charge on any atom is -0.396 e. The maximum Gasteiger partial charge on any atom is 0.148 e. The van der Waals surface area contributed by atoms with Crippen molar-refractivity contribution in [2.45, 2.75) is 32.4 Å². The predicted molar refractivity (Wildman–Crippen MR) is 141 cm³/mol. The number of nitrogens with zero attached hydrogens (tertiary/aromatic N) is 4. The van der Waals surface area contributed by atoms with Gasteiger partial charge in [0.05, 0.1) is 28.8 Å². The van der Waals surface area contributed by atoms with Gasteiger partial charge in [-0.05, 0) is 80.3 Å². The van der Waals surface area contributed by atoms with E-state index in [9.17, 15) is 0 Å². The van der Waals surface area contributed by atoms with E-state index < -0.39 is 0 Å². The van der Waals surface area contributed by atoms with Gasteiger partial charge in [-0.25, -0.2) is 4.68 Å². The van der Waals surface area contributed by atoms with E-state index in [0.29, 0.717) is 5.70 Å². The van der Waals surface area contributed by atoms with Gasteiger partial charge in [-0.2, -0.15) is 5.10 Å². The fraction of sp³-hybridized carbons (Fsp3) is 0.222. The molecule has 5 rings (SSSR count). The molecule has 0 aliphatic carbocycles. The number of rotatable bonds is 5. The number of nitrogens with two attached hydrogens (primary N) is 1. The molecule has 1 saturated heterocycles. The molecule has 2 aromatic heterocycles. The lowest BCUT2D eigenvalue weighted by Crippen LogP contribution is -2.17. The van der Waals surface area contributed by atoms with E-state index in [-0.39, 0.29) is 6.23 Å². The van der Waals surface area contributed by atoms with Crippen LogP contribution in [0.2, 0.25) is 0 Å². The van der Waals surface area contributed by atoms with Crippen molar-refractivity contribution in [3.63, 3.8) is 0 Å². The number of hydrogen-bond acceptors (Lipinski definition) is 5. The summed E-state index contributed by atoms with van der Waals surface area (Å²) in [5.74, 6) is 0. The van der Waals surface area contributed by atoms with Crippen molar-refractivity contribution < 1.29 is 4.74 Å². The van der Waals surface area contributed by atoms with Crippen molar-refractivity contribution in [3.05, 3.63) is 88.3 Å². The van der Waals surface area contributed by atoms with Crippen molar-refractivity contribution >= 4 is 44.3 Å². The third-order valence-electron chi connectivity index (χ3n) is 5.93. The van der Waals surface area contributed by atoms with Crippen LogP contribution in [-0.2, 0) is 4.74 Å². The van der Waals surface area contributed by atoms with Crippen LogP contribution < -0.4 is 5.73 Å². The first kappa shape index (κ1) is 22.5. The third-order valence-corrected chi connectivity index (χ3v) is 6.46. The van der Waals surface area contributed by atoms with E-state index >= 15 is 0 Å². The second-order valence-electron chi connectivity index (χ2n) is 8.40. The lowest BCUT2D eigenvalue weighted by atomic mass is 10.0. The SMILES string of the molecule is Cc1cccc(/C(N)=C(/C=N/C2CCCCO2)c2ccc3c(cnn3-c3ccc(Br)cc3)c2)n1. The van der Waals surface area contributed by atoms with Gasteiger partial charge in [0.25, 0.3) is 0 Å². The average molecular weight is 516 g/mol. The highest BCUT2D eigenvalue weighted by Crippen LogP contribution is 2.27. The molecule has 1 unspecified atom stereocenters. The van der Waals surface area contributed by atoms with Crippen LogP contribution in [0.4, 0.5) is 0 Å². The molecule has 172 valence electrons. The second-order valence-corrected chi connectivity index (χ2v) is 9.31. The Hall–Kier alpha value is -3.29. The maximum atomic E-state index is 6.67. The van der Waals surface area contributed by atoms with Gasteiger partial charge >= 0.3 is 0 Å². The summed E-state index contributed by atoms with van der Waals surface area (Å²) in [5, 5.41) is 5.64. The zero-order chi connectivity index (χ0) is 23.5. The summed E-state index contributed by atoms with van der Waals surface area (Å²) < 4.78 is 8.77. The number of pyridine rings is 1. The molecule has 3 heterocycles. The van der Waals surface area contributed by atoms with Crippen LogP contribution >= 0.6 is 15.9 Å². The van der Waals surface area contributed by atoms with E-state index in [1.54, 1.807) is 0 Å². The first-order chi connectivity index (χ1) is 16.6. The molecule has 0 radical (unpaired) electrons. The summed E-state index contributed by atoms with van der Waals surface area (Å²) in [6, 6.07) is 20.2. The Balaban J connectivity index is 1.57. The van der Waals surface area contributed by atoms with Gasteiger partial charge in [0, 0.05) is 33.9 Å². The minimum atomic E-state index is -0.133. The molecule has 0 bridgehead atoms. The predicted octanol–water partition coefficient (Wildman–Crippen LogP) is 5.92. The molecule has 1 aliphatic rings. The Morgan fingerprint density at radius 2 is 2.00 bits per heavy atom. The van der Waals surface area contributed by atoms with Crippen molar-refractivity contribution in [3.8, 4) is 5.69 Å². The lowest BCUT2D eigenvalue weighted by molar-refractivity contribution is 0.0227. The molecular formula is C27H26BrN5O. The molecular weight excluding hydrogens is 490 g/mol. The van der Waals surface area contributed by atoms with Crippen LogP contribution in [0.3, 0.4) is 0 Å². The van der Waals surface area contributed by atoms with Crippen LogP contribution in [0.5, 0.6) is 0 Å². The van der Waals surface area contributed by atoms with E-state index in [0.717, 1.165) is 69.5 Å². The summed E-state index contributed by atoms with van der Waals surface area (Å²) in [5.41, 5.74) is 12.7. The molecule has 0 saturated carbocycles. The normalized spacial score (nSPS) is 17.3. The highest BCUT2D eigenvalue weighted by molar-refractivity contribution is 9.10. The molecule has 0 spiro atoms. The summed E-state index contributed by atoms with van der Waals surface area (Å²) >= 11 is 3.49. The Labute approximate surface area is 207 Å². The van der Waals surface area contributed by atoms with Gasteiger partial charge in [-0.15, -0.1) is 0 Å². The van der Waals surface area contributed by atoms with Crippen molar-refractivity contribution in [1.82, 2.24) is 14.8 Å². The lowest BCUT2D eigenvalue weighted by Gasteiger charge is -2.19. The topological polar surface area (TPSA) is 78.3 Å². The van der Waals surface area contributed by atoms with Crippen LogP contribution in [-0.4, -0.2) is 33.8 Å². The molecule has 1 fully saturated rings. The Bertz CT molecular complexity index is 1370. The van der Waals surface area contributed by atoms with E-state index in [1.807, 2.05) is 66.5 Å². The number of hydrogen-bond donors (Lipinski definition) is 1. The zero-order valence-electron chi connectivity index (χ0n) is 19.0. The molecule has 2 N–H and O–H groups in total. The highest BCUT2D eigenvalue weighted by atomic mass is 79.9. The van der Waals surface area contributed by atoms with Gasteiger partial charge in [-0.3, -0.25) is 9.98 Å². The summed E-state index contributed by atoms with van der Waals surface area (Å²) in [6.07, 6.45) is 6.72. The van der Waals surface area contributed by atoms with Gasteiger partial charge in [0.2, 0.25) is 0 Å². The first-order valence-electron chi connectivity index (χ1n) is 11.4. The third kappa shape index (κ3) is 4.81. The Kier molecular flexibility index (Phi) is 6.56. The van der Waals surface area contributed by atoms with Crippen LogP contribution in [0.25, 0.3) is 27.9 Å². The van der Waals surface area contributed by atoms with Crippen molar-refractivity contribution in [2.75, 3.05) is 6.61 Å². The number of allylic oxidation sites excluding steroid dienone is 1. The van der Waals surface area contributed by atoms with E-state index in [1.165, 1.54) is 0 Å². The average Bonchev–Trinajstić information content (AvgIpc) is 3.28. The van der Waals surface area contributed by atoms with Crippen LogP contribution in [0.1, 0.15) is 36.2 Å². The monoisotopic (exact) mass is 515 g/mol. The summed E-state index contributed by atoms with van der Waals surface area (Å²) in [7, 11) is 0. The molecule has 0 amide bonds. The first-order valence-corrected chi connectivity index (χ1v) is 12.2. The minimum absolute atomic E-state index is 0.133. The Morgan fingerprint density at radius 1 is 1.15 bits per heavy atom. The molecule has 7 heteroatoms. The highest BCUT2D eigenvalue weighted by Gasteiger charge is 2.15. The summed E-state index contributed by atoms with van der Waals surface area (Å²) in [6.45, 7) is 2.71. The van der Waals surface area contributed by atoms with Gasteiger partial charge in [-0.1, -0.05) is 28.1 Å². The summed E-state index contributed by atoms with van der Waals surface area (Å²) in [4.78, 5) is 9.36. The van der Waals surface area contributed by atoms with Gasteiger partial charge < -0.3 is 10.5 Å². The number of aromatic nitrogens is 3. The van der Waals surface area contributed by atoms with E-state index in [2.05, 4.69) is 44.2 Å². The molecule has 4 aromatic rings. The number of aryl methyl sites for hydroxylation is 1. The largest absolute Gasteiger partial charge is 0.396 e. The number of ether oxygens (including phenoxy) is 1. The molecule has 34 heavy (non-hydrogen) atoms. The van der Waals surface area contributed by atoms with Crippen molar-refractivity contribution in [1.29, 1.82) is 0 Å². The fourth-order valence-corrected chi connectivity index (χ4v) is 4.38. The molecule has 1 aliphatic heterocycles. The maximum absolute atomic E-state index is 6.67. The number of benzene rings is 2. The fourth-order valence-electron chi connectivity index (χ4n) is 4.12. The molecule has 1 atom stereocenters. The Morgan fingerprint density at radius 3 is 2.76 bits per heavy atom. The second kappa shape index (κ2) is 9.91. The molecule has 6 nitrogen and oxygen atoms in total. The van der Waals surface area contributed by atoms with Crippen LogP contribution in [0.15, 0.2) is 76.3 Å².